The number of rotatable bonds is 6. The van der Waals surface area contributed by atoms with Crippen LogP contribution in [0.2, 0.25) is 0 Å². The van der Waals surface area contributed by atoms with Crippen LogP contribution >= 0.6 is 0 Å². The molecule has 9 nitrogen and oxygen atoms in total. The van der Waals surface area contributed by atoms with Gasteiger partial charge in [0.25, 0.3) is 5.91 Å². The van der Waals surface area contributed by atoms with Gasteiger partial charge >= 0.3 is 11.9 Å². The van der Waals surface area contributed by atoms with Crippen LogP contribution in [0.25, 0.3) is 16.7 Å². The van der Waals surface area contributed by atoms with Crippen molar-refractivity contribution in [3.63, 3.8) is 0 Å². The summed E-state index contributed by atoms with van der Waals surface area (Å²) in [4.78, 5) is 38.8. The molecule has 1 unspecified atom stereocenters. The van der Waals surface area contributed by atoms with E-state index in [1.807, 2.05) is 30.3 Å². The third kappa shape index (κ3) is 3.76. The third-order valence-corrected chi connectivity index (χ3v) is 4.04. The van der Waals surface area contributed by atoms with Gasteiger partial charge in [0.15, 0.2) is 5.82 Å². The number of pyridine rings is 1. The van der Waals surface area contributed by atoms with Gasteiger partial charge in [-0.05, 0) is 25.1 Å². The monoisotopic (exact) mass is 368 g/mol. The van der Waals surface area contributed by atoms with Crippen molar-refractivity contribution in [2.24, 2.45) is 0 Å². The van der Waals surface area contributed by atoms with E-state index in [4.69, 9.17) is 10.2 Å². The summed E-state index contributed by atoms with van der Waals surface area (Å²) >= 11 is 0. The highest BCUT2D eigenvalue weighted by molar-refractivity contribution is 5.98. The van der Waals surface area contributed by atoms with Crippen molar-refractivity contribution in [1.29, 1.82) is 0 Å². The Morgan fingerprint density at radius 3 is 2.59 bits per heavy atom. The van der Waals surface area contributed by atoms with Gasteiger partial charge in [0.2, 0.25) is 0 Å². The summed E-state index contributed by atoms with van der Waals surface area (Å²) in [6, 6.07) is 9.66. The Labute approximate surface area is 153 Å². The summed E-state index contributed by atoms with van der Waals surface area (Å²) in [5, 5.41) is 25.2. The SMILES string of the molecule is Cc1c(C(=O)NC(CC(=O)O)C(=O)O)cnn1-c1ccc2ccccc2n1. The molecule has 2 aromatic heterocycles. The third-order valence-electron chi connectivity index (χ3n) is 4.04. The molecule has 9 heteroatoms. The molecule has 0 fully saturated rings. The molecule has 0 aliphatic carbocycles. The summed E-state index contributed by atoms with van der Waals surface area (Å²) in [7, 11) is 0. The highest BCUT2D eigenvalue weighted by atomic mass is 16.4. The van der Waals surface area contributed by atoms with Gasteiger partial charge in [0.1, 0.15) is 6.04 Å². The van der Waals surface area contributed by atoms with E-state index in [-0.39, 0.29) is 5.56 Å². The van der Waals surface area contributed by atoms with Crippen LogP contribution in [0, 0.1) is 6.92 Å². The van der Waals surface area contributed by atoms with E-state index >= 15 is 0 Å². The molecule has 3 N–H and O–H groups in total. The zero-order valence-electron chi connectivity index (χ0n) is 14.3. The number of hydrogen-bond donors (Lipinski definition) is 3. The standard InChI is InChI=1S/C18H16N4O5/c1-10-12(17(25)21-14(18(26)27)8-16(23)24)9-19-22(10)15-7-6-11-4-2-3-5-13(11)20-15/h2-7,9,14H,8H2,1H3,(H,21,25)(H,23,24)(H,26,27). The molecule has 1 amide bonds. The number of aliphatic carboxylic acids is 2. The largest absolute Gasteiger partial charge is 0.481 e. The number of carbonyl (C=O) groups is 3. The molecule has 0 radical (unpaired) electrons. The van der Waals surface area contributed by atoms with Crippen LogP contribution in [-0.4, -0.2) is 48.9 Å². The molecule has 3 aromatic rings. The summed E-state index contributed by atoms with van der Waals surface area (Å²) < 4.78 is 1.47. The van der Waals surface area contributed by atoms with Gasteiger partial charge in [0.05, 0.1) is 29.4 Å². The van der Waals surface area contributed by atoms with E-state index in [0.717, 1.165) is 10.9 Å². The van der Waals surface area contributed by atoms with Crippen LogP contribution in [0.5, 0.6) is 0 Å². The lowest BCUT2D eigenvalue weighted by Gasteiger charge is -2.12. The zero-order valence-corrected chi connectivity index (χ0v) is 14.3. The molecule has 0 aliphatic heterocycles. The van der Waals surface area contributed by atoms with E-state index in [1.54, 1.807) is 13.0 Å². The number of carbonyl (C=O) groups excluding carboxylic acids is 1. The Kier molecular flexibility index (Phi) is 4.84. The second-order valence-corrected chi connectivity index (χ2v) is 5.88. The lowest BCUT2D eigenvalue weighted by molar-refractivity contribution is -0.145. The second-order valence-electron chi connectivity index (χ2n) is 5.88. The molecule has 27 heavy (non-hydrogen) atoms. The molecular weight excluding hydrogens is 352 g/mol. The summed E-state index contributed by atoms with van der Waals surface area (Å²) in [5.74, 6) is -2.96. The molecule has 0 spiro atoms. The maximum atomic E-state index is 12.4. The fourth-order valence-electron chi connectivity index (χ4n) is 2.65. The normalized spacial score (nSPS) is 11.9. The average molecular weight is 368 g/mol. The number of amides is 1. The predicted octanol–water partition coefficient (Wildman–Crippen LogP) is 1.39. The van der Waals surface area contributed by atoms with Crippen molar-refractivity contribution >= 4 is 28.7 Å². The minimum atomic E-state index is -1.53. The van der Waals surface area contributed by atoms with E-state index in [1.165, 1.54) is 10.9 Å². The zero-order chi connectivity index (χ0) is 19.6. The highest BCUT2D eigenvalue weighted by Gasteiger charge is 2.25. The summed E-state index contributed by atoms with van der Waals surface area (Å²) in [5.41, 5.74) is 1.36. The molecule has 0 saturated carbocycles. The predicted molar refractivity (Wildman–Crippen MR) is 94.7 cm³/mol. The first-order valence-corrected chi connectivity index (χ1v) is 8.03. The fourth-order valence-corrected chi connectivity index (χ4v) is 2.65. The van der Waals surface area contributed by atoms with Crippen molar-refractivity contribution in [2.75, 3.05) is 0 Å². The molecule has 1 atom stereocenters. The van der Waals surface area contributed by atoms with Gasteiger partial charge in [-0.15, -0.1) is 0 Å². The lowest BCUT2D eigenvalue weighted by Crippen LogP contribution is -2.42. The van der Waals surface area contributed by atoms with Crippen LogP contribution in [0.3, 0.4) is 0 Å². The van der Waals surface area contributed by atoms with Gasteiger partial charge in [-0.3, -0.25) is 9.59 Å². The lowest BCUT2D eigenvalue weighted by atomic mass is 10.1. The topological polar surface area (TPSA) is 134 Å². The molecule has 3 rings (SSSR count). The Hall–Kier alpha value is -3.75. The highest BCUT2D eigenvalue weighted by Crippen LogP contribution is 2.17. The minimum absolute atomic E-state index is 0.140. The number of fused-ring (bicyclic) bond motifs is 1. The average Bonchev–Trinajstić information content (AvgIpc) is 3.01. The molecule has 1 aromatic carbocycles. The van der Waals surface area contributed by atoms with E-state index in [2.05, 4.69) is 15.4 Å². The Balaban J connectivity index is 1.88. The summed E-state index contributed by atoms with van der Waals surface area (Å²) in [6.45, 7) is 1.64. The first-order chi connectivity index (χ1) is 12.9. The molecule has 0 saturated heterocycles. The molecular formula is C18H16N4O5. The van der Waals surface area contributed by atoms with Gasteiger partial charge in [-0.1, -0.05) is 18.2 Å². The van der Waals surface area contributed by atoms with Gasteiger partial charge in [-0.2, -0.15) is 5.10 Å². The number of para-hydroxylation sites is 1. The van der Waals surface area contributed by atoms with Crippen LogP contribution < -0.4 is 5.32 Å². The number of carboxylic acid groups (broad SMARTS) is 2. The van der Waals surface area contributed by atoms with Crippen molar-refractivity contribution in [3.05, 3.63) is 53.9 Å². The minimum Gasteiger partial charge on any atom is -0.481 e. The number of benzene rings is 1. The fraction of sp³-hybridized carbons (Fsp3) is 0.167. The Morgan fingerprint density at radius 2 is 1.89 bits per heavy atom. The van der Waals surface area contributed by atoms with Gasteiger partial charge < -0.3 is 15.5 Å². The second kappa shape index (κ2) is 7.24. The quantitative estimate of drug-likeness (QED) is 0.598. The molecule has 0 bridgehead atoms. The van der Waals surface area contributed by atoms with Crippen molar-refractivity contribution in [3.8, 4) is 5.82 Å². The number of carboxylic acids is 2. The molecule has 138 valence electrons. The van der Waals surface area contributed by atoms with Crippen LogP contribution in [0.1, 0.15) is 22.5 Å². The Morgan fingerprint density at radius 1 is 1.15 bits per heavy atom. The summed E-state index contributed by atoms with van der Waals surface area (Å²) in [6.07, 6.45) is 0.571. The molecule has 0 aliphatic rings. The van der Waals surface area contributed by atoms with Crippen LogP contribution in [-0.2, 0) is 9.59 Å². The first kappa shape index (κ1) is 18.1. The maximum Gasteiger partial charge on any atom is 0.326 e. The van der Waals surface area contributed by atoms with Crippen molar-refractivity contribution in [1.82, 2.24) is 20.1 Å². The van der Waals surface area contributed by atoms with Gasteiger partial charge in [-0.25, -0.2) is 14.5 Å². The smallest absolute Gasteiger partial charge is 0.326 e. The van der Waals surface area contributed by atoms with Crippen molar-refractivity contribution < 1.29 is 24.6 Å². The number of aromatic nitrogens is 3. The maximum absolute atomic E-state index is 12.4. The van der Waals surface area contributed by atoms with Crippen LogP contribution in [0.15, 0.2) is 42.6 Å². The van der Waals surface area contributed by atoms with Gasteiger partial charge in [0, 0.05) is 5.39 Å². The van der Waals surface area contributed by atoms with E-state index in [9.17, 15) is 14.4 Å². The van der Waals surface area contributed by atoms with E-state index in [0.29, 0.717) is 11.5 Å². The van der Waals surface area contributed by atoms with Crippen molar-refractivity contribution in [2.45, 2.75) is 19.4 Å². The van der Waals surface area contributed by atoms with E-state index < -0.39 is 30.3 Å². The Bertz CT molecular complexity index is 1040. The number of nitrogens with zero attached hydrogens (tertiary/aromatic N) is 3. The molecule has 2 heterocycles. The first-order valence-electron chi connectivity index (χ1n) is 8.03. The van der Waals surface area contributed by atoms with Crippen LogP contribution in [0.4, 0.5) is 0 Å². The number of nitrogens with one attached hydrogen (secondary N) is 1. The number of hydrogen-bond acceptors (Lipinski definition) is 5.